The van der Waals surface area contributed by atoms with Crippen LogP contribution in [0.1, 0.15) is 15.9 Å². The highest BCUT2D eigenvalue weighted by molar-refractivity contribution is 5.94. The molecule has 1 aromatic carbocycles. The number of carbonyl (C=O) groups excluding carboxylic acids is 1. The Kier molecular flexibility index (Phi) is 4.56. The molecule has 1 amide bonds. The molecule has 3 rings (SSSR count). The van der Waals surface area contributed by atoms with Crippen LogP contribution in [0.15, 0.2) is 66.1 Å². The van der Waals surface area contributed by atoms with Crippen molar-refractivity contribution in [1.82, 2.24) is 19.4 Å². The number of aromatic nitrogens is 3. The van der Waals surface area contributed by atoms with E-state index in [2.05, 4.69) is 10.3 Å². The number of hydrogen-bond donors (Lipinski definition) is 1. The summed E-state index contributed by atoms with van der Waals surface area (Å²) in [5.74, 6) is -0.164. The molecule has 0 spiro atoms. The Morgan fingerprint density at radius 1 is 1.17 bits per heavy atom. The lowest BCUT2D eigenvalue weighted by atomic mass is 10.2. The summed E-state index contributed by atoms with van der Waals surface area (Å²) in [4.78, 5) is 28.0. The van der Waals surface area contributed by atoms with E-state index in [0.29, 0.717) is 24.2 Å². The zero-order chi connectivity index (χ0) is 16.9. The maximum Gasteiger partial charge on any atom is 0.256 e. The largest absolute Gasteiger partial charge is 0.350 e. The molecule has 0 aliphatic carbocycles. The van der Waals surface area contributed by atoms with Crippen molar-refractivity contribution in [3.8, 4) is 5.69 Å². The second kappa shape index (κ2) is 6.95. The normalized spacial score (nSPS) is 10.5. The molecule has 0 saturated carbocycles. The lowest BCUT2D eigenvalue weighted by Crippen LogP contribution is -2.31. The lowest BCUT2D eigenvalue weighted by molar-refractivity contribution is 0.0952. The second-order valence-electron chi connectivity index (χ2n) is 5.47. The molecule has 0 bridgehead atoms. The van der Waals surface area contributed by atoms with E-state index < -0.39 is 0 Å². The maximum atomic E-state index is 12.2. The van der Waals surface area contributed by atoms with Crippen molar-refractivity contribution in [1.29, 1.82) is 0 Å². The zero-order valence-electron chi connectivity index (χ0n) is 13.3. The first kappa shape index (κ1) is 15.7. The van der Waals surface area contributed by atoms with Gasteiger partial charge in [0.25, 0.3) is 11.5 Å². The van der Waals surface area contributed by atoms with Gasteiger partial charge in [-0.05, 0) is 43.3 Å². The van der Waals surface area contributed by atoms with Crippen LogP contribution in [0.25, 0.3) is 5.69 Å². The Labute approximate surface area is 139 Å². The van der Waals surface area contributed by atoms with E-state index in [1.807, 2.05) is 41.2 Å². The Hall–Kier alpha value is -3.15. The molecule has 24 heavy (non-hydrogen) atoms. The number of rotatable bonds is 5. The van der Waals surface area contributed by atoms with Crippen molar-refractivity contribution in [2.75, 3.05) is 6.54 Å². The molecule has 0 fully saturated rings. The molecule has 2 heterocycles. The van der Waals surface area contributed by atoms with Gasteiger partial charge < -0.3 is 9.88 Å². The topological polar surface area (TPSA) is 68.9 Å². The van der Waals surface area contributed by atoms with E-state index in [1.165, 1.54) is 17.1 Å². The second-order valence-corrected chi connectivity index (χ2v) is 5.47. The molecule has 1 N–H and O–H groups in total. The smallest absolute Gasteiger partial charge is 0.256 e. The summed E-state index contributed by atoms with van der Waals surface area (Å²) in [7, 11) is 0. The number of hydrogen-bond acceptors (Lipinski definition) is 3. The Bertz CT molecular complexity index is 880. The molecule has 122 valence electrons. The SMILES string of the molecule is Cc1cncn(CCNC(=O)c2ccc(-n3cccc3)cc2)c1=O. The highest BCUT2D eigenvalue weighted by Gasteiger charge is 2.06. The minimum atomic E-state index is -0.164. The minimum absolute atomic E-state index is 0.0877. The van der Waals surface area contributed by atoms with Crippen LogP contribution in [0.2, 0.25) is 0 Å². The van der Waals surface area contributed by atoms with Gasteiger partial charge >= 0.3 is 0 Å². The summed E-state index contributed by atoms with van der Waals surface area (Å²) in [6.07, 6.45) is 6.91. The fourth-order valence-corrected chi connectivity index (χ4v) is 2.40. The van der Waals surface area contributed by atoms with E-state index in [0.717, 1.165) is 5.69 Å². The summed E-state index contributed by atoms with van der Waals surface area (Å²) >= 11 is 0. The minimum Gasteiger partial charge on any atom is -0.350 e. The monoisotopic (exact) mass is 322 g/mol. The van der Waals surface area contributed by atoms with Crippen LogP contribution < -0.4 is 10.9 Å². The average Bonchev–Trinajstić information content (AvgIpc) is 3.13. The Balaban J connectivity index is 1.59. The van der Waals surface area contributed by atoms with Gasteiger partial charge in [-0.25, -0.2) is 4.98 Å². The molecular weight excluding hydrogens is 304 g/mol. The van der Waals surface area contributed by atoms with Gasteiger partial charge in [-0.2, -0.15) is 0 Å². The Morgan fingerprint density at radius 3 is 2.58 bits per heavy atom. The maximum absolute atomic E-state index is 12.2. The molecule has 2 aromatic heterocycles. The third kappa shape index (κ3) is 3.43. The van der Waals surface area contributed by atoms with Crippen molar-refractivity contribution >= 4 is 5.91 Å². The number of aryl methyl sites for hydroxylation is 1. The fraction of sp³-hybridized carbons (Fsp3) is 0.167. The number of nitrogens with one attached hydrogen (secondary N) is 1. The quantitative estimate of drug-likeness (QED) is 0.778. The van der Waals surface area contributed by atoms with Crippen LogP contribution in [0.3, 0.4) is 0 Å². The molecule has 6 nitrogen and oxygen atoms in total. The highest BCUT2D eigenvalue weighted by Crippen LogP contribution is 2.09. The summed E-state index contributed by atoms with van der Waals surface area (Å²) in [5, 5.41) is 2.82. The highest BCUT2D eigenvalue weighted by atomic mass is 16.1. The van der Waals surface area contributed by atoms with Gasteiger partial charge in [-0.15, -0.1) is 0 Å². The third-order valence-electron chi connectivity index (χ3n) is 3.74. The molecular formula is C18H18N4O2. The van der Waals surface area contributed by atoms with Gasteiger partial charge in [-0.3, -0.25) is 14.2 Å². The third-order valence-corrected chi connectivity index (χ3v) is 3.74. The van der Waals surface area contributed by atoms with E-state index >= 15 is 0 Å². The number of amides is 1. The summed E-state index contributed by atoms with van der Waals surface area (Å²) in [6.45, 7) is 2.47. The molecule has 0 aliphatic heterocycles. The van der Waals surface area contributed by atoms with Crippen molar-refractivity contribution in [3.05, 3.63) is 82.8 Å². The number of carbonyl (C=O) groups is 1. The van der Waals surface area contributed by atoms with Gasteiger partial charge in [0, 0.05) is 48.5 Å². The van der Waals surface area contributed by atoms with E-state index in [-0.39, 0.29) is 11.5 Å². The van der Waals surface area contributed by atoms with Crippen molar-refractivity contribution in [2.24, 2.45) is 0 Å². The zero-order valence-corrected chi connectivity index (χ0v) is 13.3. The molecule has 0 aliphatic rings. The molecule has 6 heteroatoms. The van der Waals surface area contributed by atoms with E-state index in [1.54, 1.807) is 19.1 Å². The van der Waals surface area contributed by atoms with Crippen LogP contribution in [-0.4, -0.2) is 26.6 Å². The lowest BCUT2D eigenvalue weighted by Gasteiger charge is -2.08. The summed E-state index contributed by atoms with van der Waals surface area (Å²) in [5.41, 5.74) is 2.08. The van der Waals surface area contributed by atoms with Gasteiger partial charge in [0.05, 0.1) is 6.33 Å². The van der Waals surface area contributed by atoms with Crippen LogP contribution in [0.4, 0.5) is 0 Å². The predicted octanol–water partition coefficient (Wildman–Crippen LogP) is 1.77. The van der Waals surface area contributed by atoms with Crippen molar-refractivity contribution < 1.29 is 4.79 Å². The average molecular weight is 322 g/mol. The molecule has 0 saturated heterocycles. The number of nitrogens with zero attached hydrogens (tertiary/aromatic N) is 3. The Morgan fingerprint density at radius 2 is 1.88 bits per heavy atom. The van der Waals surface area contributed by atoms with Crippen LogP contribution >= 0.6 is 0 Å². The first-order valence-corrected chi connectivity index (χ1v) is 7.68. The summed E-state index contributed by atoms with van der Waals surface area (Å²) in [6, 6.07) is 11.2. The van der Waals surface area contributed by atoms with Gasteiger partial charge in [0.1, 0.15) is 0 Å². The first-order chi connectivity index (χ1) is 11.6. The molecule has 0 atom stereocenters. The van der Waals surface area contributed by atoms with Gasteiger partial charge in [0.15, 0.2) is 0 Å². The van der Waals surface area contributed by atoms with Crippen LogP contribution in [-0.2, 0) is 6.54 Å². The van der Waals surface area contributed by atoms with E-state index in [9.17, 15) is 9.59 Å². The fourth-order valence-electron chi connectivity index (χ4n) is 2.40. The molecule has 0 unspecified atom stereocenters. The standard InChI is InChI=1S/C18H18N4O2/c1-14-12-19-13-22(18(14)24)11-8-20-17(23)15-4-6-16(7-5-15)21-9-2-3-10-21/h2-7,9-10,12-13H,8,11H2,1H3,(H,20,23). The van der Waals surface area contributed by atoms with Crippen LogP contribution in [0, 0.1) is 6.92 Å². The van der Waals surface area contributed by atoms with Crippen LogP contribution in [0.5, 0.6) is 0 Å². The number of benzene rings is 1. The molecule has 0 radical (unpaired) electrons. The molecule has 3 aromatic rings. The first-order valence-electron chi connectivity index (χ1n) is 7.68. The van der Waals surface area contributed by atoms with E-state index in [4.69, 9.17) is 0 Å². The van der Waals surface area contributed by atoms with Crippen molar-refractivity contribution in [2.45, 2.75) is 13.5 Å². The van der Waals surface area contributed by atoms with Crippen molar-refractivity contribution in [3.63, 3.8) is 0 Å². The van der Waals surface area contributed by atoms with Gasteiger partial charge in [0.2, 0.25) is 0 Å². The summed E-state index contributed by atoms with van der Waals surface area (Å²) < 4.78 is 3.46. The van der Waals surface area contributed by atoms with Gasteiger partial charge in [-0.1, -0.05) is 0 Å². The predicted molar refractivity (Wildman–Crippen MR) is 91.3 cm³/mol.